The van der Waals surface area contributed by atoms with E-state index in [-0.39, 0.29) is 6.04 Å². The van der Waals surface area contributed by atoms with E-state index < -0.39 is 0 Å². The second-order valence-electron chi connectivity index (χ2n) is 3.92. The monoisotopic (exact) mass is 208 g/mol. The van der Waals surface area contributed by atoms with Crippen molar-refractivity contribution in [2.24, 2.45) is 0 Å². The number of hydrogen-bond acceptors (Lipinski definition) is 3. The molecule has 0 aromatic heterocycles. The summed E-state index contributed by atoms with van der Waals surface area (Å²) in [6.07, 6.45) is 0. The smallest absolute Gasteiger partial charge is 0.122 e. The number of aromatic hydroxyl groups is 1. The standard InChI is InChI=1S/C12H20N2O/c1-5-13-9(2)11-7-6-10(14(3)4)8-12(11)15/h6-9,13,15H,5H2,1-4H3. The molecule has 0 radical (unpaired) electrons. The predicted molar refractivity (Wildman–Crippen MR) is 64.5 cm³/mol. The summed E-state index contributed by atoms with van der Waals surface area (Å²) in [5, 5.41) is 13.1. The van der Waals surface area contributed by atoms with Crippen LogP contribution in [0.3, 0.4) is 0 Å². The number of hydrogen-bond donors (Lipinski definition) is 2. The summed E-state index contributed by atoms with van der Waals surface area (Å²) in [5.41, 5.74) is 1.96. The number of phenols is 1. The lowest BCUT2D eigenvalue weighted by Crippen LogP contribution is -2.18. The molecule has 0 aliphatic heterocycles. The topological polar surface area (TPSA) is 35.5 Å². The fourth-order valence-electron chi connectivity index (χ4n) is 1.59. The molecular formula is C12H20N2O. The van der Waals surface area contributed by atoms with E-state index in [0.29, 0.717) is 5.75 Å². The molecule has 0 fully saturated rings. The van der Waals surface area contributed by atoms with Gasteiger partial charge in [0.15, 0.2) is 0 Å². The molecule has 2 N–H and O–H groups in total. The summed E-state index contributed by atoms with van der Waals surface area (Å²) in [5.74, 6) is 0.356. The molecule has 84 valence electrons. The van der Waals surface area contributed by atoms with Gasteiger partial charge in [-0.25, -0.2) is 0 Å². The molecule has 3 nitrogen and oxygen atoms in total. The molecule has 1 rings (SSSR count). The Kier molecular flexibility index (Phi) is 3.97. The number of rotatable bonds is 4. The van der Waals surface area contributed by atoms with Crippen molar-refractivity contribution in [1.29, 1.82) is 0 Å². The summed E-state index contributed by atoms with van der Waals surface area (Å²) in [4.78, 5) is 1.97. The van der Waals surface area contributed by atoms with Gasteiger partial charge in [0.05, 0.1) is 0 Å². The number of benzene rings is 1. The zero-order chi connectivity index (χ0) is 11.4. The van der Waals surface area contributed by atoms with Crippen molar-refractivity contribution in [2.45, 2.75) is 19.9 Å². The lowest BCUT2D eigenvalue weighted by molar-refractivity contribution is 0.455. The van der Waals surface area contributed by atoms with Crippen LogP contribution in [-0.4, -0.2) is 25.7 Å². The first-order valence-corrected chi connectivity index (χ1v) is 5.30. The number of nitrogens with one attached hydrogen (secondary N) is 1. The fraction of sp³-hybridized carbons (Fsp3) is 0.500. The van der Waals surface area contributed by atoms with Gasteiger partial charge in [0.2, 0.25) is 0 Å². The number of nitrogens with zero attached hydrogens (tertiary/aromatic N) is 1. The minimum atomic E-state index is 0.186. The second kappa shape index (κ2) is 5.03. The van der Waals surface area contributed by atoms with E-state index in [4.69, 9.17) is 0 Å². The van der Waals surface area contributed by atoms with Gasteiger partial charge >= 0.3 is 0 Å². The Hall–Kier alpha value is -1.22. The molecule has 1 unspecified atom stereocenters. The van der Waals surface area contributed by atoms with Crippen LogP contribution in [0.25, 0.3) is 0 Å². The van der Waals surface area contributed by atoms with Gasteiger partial charge in [-0.15, -0.1) is 0 Å². The first-order valence-electron chi connectivity index (χ1n) is 5.30. The molecule has 0 amide bonds. The molecule has 0 saturated carbocycles. The maximum atomic E-state index is 9.87. The molecule has 0 saturated heterocycles. The van der Waals surface area contributed by atoms with E-state index in [1.54, 1.807) is 6.07 Å². The third-order valence-electron chi connectivity index (χ3n) is 2.51. The average Bonchev–Trinajstić information content (AvgIpc) is 2.17. The van der Waals surface area contributed by atoms with Gasteiger partial charge in [-0.3, -0.25) is 0 Å². The van der Waals surface area contributed by atoms with Crippen molar-refractivity contribution in [1.82, 2.24) is 5.32 Å². The van der Waals surface area contributed by atoms with Crippen LogP contribution in [0.5, 0.6) is 5.75 Å². The van der Waals surface area contributed by atoms with Gasteiger partial charge in [0.25, 0.3) is 0 Å². The van der Waals surface area contributed by atoms with Gasteiger partial charge in [-0.05, 0) is 19.5 Å². The zero-order valence-electron chi connectivity index (χ0n) is 9.91. The van der Waals surface area contributed by atoms with Crippen LogP contribution in [0.15, 0.2) is 18.2 Å². The van der Waals surface area contributed by atoms with Crippen LogP contribution in [-0.2, 0) is 0 Å². The van der Waals surface area contributed by atoms with Gasteiger partial charge in [0, 0.05) is 37.5 Å². The third kappa shape index (κ3) is 2.86. The third-order valence-corrected chi connectivity index (χ3v) is 2.51. The summed E-state index contributed by atoms with van der Waals surface area (Å²) < 4.78 is 0. The molecule has 0 bridgehead atoms. The molecule has 1 aromatic rings. The Balaban J connectivity index is 2.92. The number of anilines is 1. The van der Waals surface area contributed by atoms with Gasteiger partial charge in [-0.2, -0.15) is 0 Å². The van der Waals surface area contributed by atoms with Gasteiger partial charge in [0.1, 0.15) is 5.75 Å². The SMILES string of the molecule is CCNC(C)c1ccc(N(C)C)cc1O. The molecular weight excluding hydrogens is 188 g/mol. The predicted octanol–water partition coefficient (Wildman–Crippen LogP) is 2.13. The molecule has 1 aromatic carbocycles. The van der Waals surface area contributed by atoms with E-state index in [0.717, 1.165) is 17.8 Å². The first-order chi connectivity index (χ1) is 7.06. The lowest BCUT2D eigenvalue weighted by atomic mass is 10.1. The first kappa shape index (κ1) is 11.9. The van der Waals surface area contributed by atoms with Crippen LogP contribution >= 0.6 is 0 Å². The maximum absolute atomic E-state index is 9.87. The van der Waals surface area contributed by atoms with E-state index >= 15 is 0 Å². The Morgan fingerprint density at radius 1 is 1.40 bits per heavy atom. The Morgan fingerprint density at radius 2 is 2.07 bits per heavy atom. The molecule has 0 aliphatic carbocycles. The van der Waals surface area contributed by atoms with Crippen molar-refractivity contribution in [3.63, 3.8) is 0 Å². The van der Waals surface area contributed by atoms with Crippen LogP contribution in [0.1, 0.15) is 25.5 Å². The van der Waals surface area contributed by atoms with Crippen LogP contribution < -0.4 is 10.2 Å². The minimum Gasteiger partial charge on any atom is -0.508 e. The number of phenolic OH excluding ortho intramolecular Hbond substituents is 1. The fourth-order valence-corrected chi connectivity index (χ4v) is 1.59. The highest BCUT2D eigenvalue weighted by Crippen LogP contribution is 2.28. The Morgan fingerprint density at radius 3 is 2.53 bits per heavy atom. The van der Waals surface area contributed by atoms with Crippen LogP contribution in [0.4, 0.5) is 5.69 Å². The van der Waals surface area contributed by atoms with Gasteiger partial charge < -0.3 is 15.3 Å². The molecule has 15 heavy (non-hydrogen) atoms. The van der Waals surface area contributed by atoms with Crippen molar-refractivity contribution < 1.29 is 5.11 Å². The highest BCUT2D eigenvalue weighted by molar-refractivity contribution is 5.53. The Bertz CT molecular complexity index is 323. The van der Waals surface area contributed by atoms with Crippen molar-refractivity contribution in [3.8, 4) is 5.75 Å². The quantitative estimate of drug-likeness (QED) is 0.795. The summed E-state index contributed by atoms with van der Waals surface area (Å²) in [7, 11) is 3.92. The Labute approximate surface area is 91.7 Å². The van der Waals surface area contributed by atoms with Crippen LogP contribution in [0, 0.1) is 0 Å². The lowest BCUT2D eigenvalue weighted by Gasteiger charge is -2.18. The van der Waals surface area contributed by atoms with Crippen molar-refractivity contribution >= 4 is 5.69 Å². The van der Waals surface area contributed by atoms with E-state index in [1.165, 1.54) is 0 Å². The van der Waals surface area contributed by atoms with Crippen molar-refractivity contribution in [3.05, 3.63) is 23.8 Å². The van der Waals surface area contributed by atoms with E-state index in [9.17, 15) is 5.11 Å². The maximum Gasteiger partial charge on any atom is 0.122 e. The highest BCUT2D eigenvalue weighted by atomic mass is 16.3. The van der Waals surface area contributed by atoms with Crippen molar-refractivity contribution in [2.75, 3.05) is 25.5 Å². The minimum absolute atomic E-state index is 0.186. The van der Waals surface area contributed by atoms with E-state index in [1.807, 2.05) is 38.1 Å². The summed E-state index contributed by atoms with van der Waals surface area (Å²) in [6, 6.07) is 5.97. The molecule has 0 heterocycles. The second-order valence-corrected chi connectivity index (χ2v) is 3.92. The largest absolute Gasteiger partial charge is 0.508 e. The normalized spacial score (nSPS) is 12.5. The van der Waals surface area contributed by atoms with E-state index in [2.05, 4.69) is 12.2 Å². The molecule has 3 heteroatoms. The zero-order valence-corrected chi connectivity index (χ0v) is 9.91. The molecule has 0 spiro atoms. The highest BCUT2D eigenvalue weighted by Gasteiger charge is 2.09. The average molecular weight is 208 g/mol. The summed E-state index contributed by atoms with van der Waals surface area (Å²) in [6.45, 7) is 5.01. The molecule has 1 atom stereocenters. The summed E-state index contributed by atoms with van der Waals surface area (Å²) >= 11 is 0. The molecule has 0 aliphatic rings. The van der Waals surface area contributed by atoms with Crippen LogP contribution in [0.2, 0.25) is 0 Å². The van der Waals surface area contributed by atoms with Gasteiger partial charge in [-0.1, -0.05) is 13.0 Å².